The van der Waals surface area contributed by atoms with Crippen molar-refractivity contribution < 1.29 is 5.11 Å². The molecule has 0 saturated heterocycles. The third kappa shape index (κ3) is 2.68. The summed E-state index contributed by atoms with van der Waals surface area (Å²) in [5, 5.41) is 8.91. The van der Waals surface area contributed by atoms with Crippen LogP contribution in [0.5, 0.6) is 0 Å². The Morgan fingerprint density at radius 1 is 1.00 bits per heavy atom. The maximum atomic E-state index is 8.91. The third-order valence-corrected chi connectivity index (χ3v) is 1.57. The van der Waals surface area contributed by atoms with Crippen LogP contribution in [-0.2, 0) is 0 Å². The summed E-state index contributed by atoms with van der Waals surface area (Å²) in [6, 6.07) is 0. The van der Waals surface area contributed by atoms with Gasteiger partial charge < -0.3 is 5.11 Å². The van der Waals surface area contributed by atoms with E-state index in [9.17, 15) is 0 Å². The van der Waals surface area contributed by atoms with Gasteiger partial charge in [0.25, 0.3) is 0 Å². The highest BCUT2D eigenvalue weighted by Crippen LogP contribution is 2.16. The van der Waals surface area contributed by atoms with Gasteiger partial charge >= 0.3 is 0 Å². The zero-order valence-corrected chi connectivity index (χ0v) is 6.68. The van der Waals surface area contributed by atoms with Crippen LogP contribution in [0.4, 0.5) is 0 Å². The molecule has 2 heteroatoms. The van der Waals surface area contributed by atoms with Gasteiger partial charge in [-0.3, -0.25) is 0 Å². The van der Waals surface area contributed by atoms with Crippen molar-refractivity contribution >= 4 is 17.0 Å². The Morgan fingerprint density at radius 3 is 1.75 bits per heavy atom. The second-order valence-corrected chi connectivity index (χ2v) is 2.29. The molecule has 0 spiro atoms. The van der Waals surface area contributed by atoms with Gasteiger partial charge in [-0.15, -0.1) is 17.0 Å². The zero-order chi connectivity index (χ0) is 5.11. The molecule has 0 heterocycles. The van der Waals surface area contributed by atoms with Crippen LogP contribution < -0.4 is 0 Å². The van der Waals surface area contributed by atoms with Crippen LogP contribution >= 0.6 is 17.0 Å². The van der Waals surface area contributed by atoms with E-state index in [1.165, 1.54) is 19.3 Å². The van der Waals surface area contributed by atoms with Crippen LogP contribution in [0.3, 0.4) is 0 Å². The number of aliphatic hydroxyl groups is 1. The van der Waals surface area contributed by atoms with Gasteiger partial charge in [0.15, 0.2) is 0 Å². The summed E-state index contributed by atoms with van der Waals surface area (Å²) in [6.45, 7) is 0. The Hall–Kier alpha value is 0.440. The van der Waals surface area contributed by atoms with Crippen molar-refractivity contribution in [1.29, 1.82) is 0 Å². The molecule has 1 N–H and O–H groups in total. The molecule has 0 aromatic rings. The molecular formula is C6H13BrO. The van der Waals surface area contributed by atoms with Crippen molar-refractivity contribution in [2.45, 2.75) is 38.2 Å². The summed E-state index contributed by atoms with van der Waals surface area (Å²) < 4.78 is 0. The fourth-order valence-electron chi connectivity index (χ4n) is 1.08. The number of rotatable bonds is 0. The van der Waals surface area contributed by atoms with Gasteiger partial charge in [-0.25, -0.2) is 0 Å². The maximum Gasteiger partial charge on any atom is 0.0540 e. The third-order valence-electron chi connectivity index (χ3n) is 1.57. The summed E-state index contributed by atoms with van der Waals surface area (Å²) in [5.41, 5.74) is 0. The summed E-state index contributed by atoms with van der Waals surface area (Å²) in [4.78, 5) is 0. The minimum Gasteiger partial charge on any atom is -0.393 e. The van der Waals surface area contributed by atoms with E-state index in [0.717, 1.165) is 12.8 Å². The van der Waals surface area contributed by atoms with Crippen LogP contribution in [-0.4, -0.2) is 11.2 Å². The quantitative estimate of drug-likeness (QED) is 0.604. The number of hydrogen-bond donors (Lipinski definition) is 1. The highest BCUT2D eigenvalue weighted by Gasteiger charge is 2.07. The topological polar surface area (TPSA) is 20.2 Å². The molecule has 0 aromatic carbocycles. The molecule has 1 nitrogen and oxygen atoms in total. The predicted molar refractivity (Wildman–Crippen MR) is 39.4 cm³/mol. The van der Waals surface area contributed by atoms with Gasteiger partial charge in [0, 0.05) is 0 Å². The number of aliphatic hydroxyl groups excluding tert-OH is 1. The van der Waals surface area contributed by atoms with E-state index in [0.29, 0.717) is 0 Å². The highest BCUT2D eigenvalue weighted by atomic mass is 79.9. The standard InChI is InChI=1S/C6H12O.BrH/c7-6-4-2-1-3-5-6;/h6-7H,1-5H2;1H. The minimum absolute atomic E-state index is 0. The van der Waals surface area contributed by atoms with Crippen LogP contribution in [0, 0.1) is 0 Å². The van der Waals surface area contributed by atoms with Crippen molar-refractivity contribution in [1.82, 2.24) is 0 Å². The molecule has 0 bridgehead atoms. The van der Waals surface area contributed by atoms with E-state index < -0.39 is 0 Å². The monoisotopic (exact) mass is 180 g/mol. The predicted octanol–water partition coefficient (Wildman–Crippen LogP) is 1.89. The Kier molecular flexibility index (Phi) is 4.57. The smallest absolute Gasteiger partial charge is 0.0540 e. The second kappa shape index (κ2) is 4.33. The van der Waals surface area contributed by atoms with E-state index in [1.54, 1.807) is 0 Å². The van der Waals surface area contributed by atoms with Crippen LogP contribution in [0.2, 0.25) is 0 Å². The van der Waals surface area contributed by atoms with Gasteiger partial charge in [0.2, 0.25) is 0 Å². The molecule has 1 saturated carbocycles. The molecule has 0 unspecified atom stereocenters. The molecular weight excluding hydrogens is 168 g/mol. The van der Waals surface area contributed by atoms with E-state index in [4.69, 9.17) is 5.11 Å². The lowest BCUT2D eigenvalue weighted by atomic mass is 9.98. The van der Waals surface area contributed by atoms with Crippen molar-refractivity contribution in [3.63, 3.8) is 0 Å². The molecule has 8 heavy (non-hydrogen) atoms. The number of hydrogen-bond acceptors (Lipinski definition) is 1. The molecule has 50 valence electrons. The lowest BCUT2D eigenvalue weighted by molar-refractivity contribution is 0.130. The van der Waals surface area contributed by atoms with E-state index in [1.807, 2.05) is 0 Å². The average Bonchev–Trinajstić information content (AvgIpc) is 1.69. The molecule has 1 aliphatic rings. The molecule has 0 amide bonds. The van der Waals surface area contributed by atoms with E-state index in [2.05, 4.69) is 0 Å². The molecule has 0 radical (unpaired) electrons. The van der Waals surface area contributed by atoms with Gasteiger partial charge in [0.1, 0.15) is 0 Å². The van der Waals surface area contributed by atoms with Gasteiger partial charge in [0.05, 0.1) is 6.10 Å². The Labute approximate surface area is 60.9 Å². The molecule has 1 aliphatic carbocycles. The van der Waals surface area contributed by atoms with Crippen LogP contribution in [0.1, 0.15) is 32.1 Å². The summed E-state index contributed by atoms with van der Waals surface area (Å²) in [6.07, 6.45) is 5.92. The molecule has 0 atom stereocenters. The molecule has 0 aliphatic heterocycles. The fraction of sp³-hybridized carbons (Fsp3) is 1.00. The lowest BCUT2D eigenvalue weighted by Crippen LogP contribution is -2.09. The zero-order valence-electron chi connectivity index (χ0n) is 4.97. The maximum absolute atomic E-state index is 8.91. The van der Waals surface area contributed by atoms with Crippen molar-refractivity contribution in [2.75, 3.05) is 0 Å². The van der Waals surface area contributed by atoms with Gasteiger partial charge in [-0.05, 0) is 12.8 Å². The van der Waals surface area contributed by atoms with E-state index >= 15 is 0 Å². The first-order valence-electron chi connectivity index (χ1n) is 3.07. The van der Waals surface area contributed by atoms with Crippen molar-refractivity contribution in [2.24, 2.45) is 0 Å². The highest BCUT2D eigenvalue weighted by molar-refractivity contribution is 8.93. The Balaban J connectivity index is 0.000000490. The summed E-state index contributed by atoms with van der Waals surface area (Å²) in [5.74, 6) is 0. The first-order chi connectivity index (χ1) is 3.39. The minimum atomic E-state index is 0. The van der Waals surface area contributed by atoms with Crippen LogP contribution in [0.25, 0.3) is 0 Å². The number of halogens is 1. The van der Waals surface area contributed by atoms with E-state index in [-0.39, 0.29) is 23.1 Å². The normalized spacial score (nSPS) is 22.1. The fourth-order valence-corrected chi connectivity index (χ4v) is 1.08. The SMILES string of the molecule is Br.OC1CCCCC1. The molecule has 1 fully saturated rings. The summed E-state index contributed by atoms with van der Waals surface area (Å²) in [7, 11) is 0. The first-order valence-corrected chi connectivity index (χ1v) is 3.07. The Bertz CT molecular complexity index is 50.5. The first kappa shape index (κ1) is 8.44. The summed E-state index contributed by atoms with van der Waals surface area (Å²) >= 11 is 0. The van der Waals surface area contributed by atoms with Crippen molar-refractivity contribution in [3.05, 3.63) is 0 Å². The molecule has 0 aromatic heterocycles. The van der Waals surface area contributed by atoms with Crippen molar-refractivity contribution in [3.8, 4) is 0 Å². The average molecular weight is 181 g/mol. The second-order valence-electron chi connectivity index (χ2n) is 2.29. The van der Waals surface area contributed by atoms with Gasteiger partial charge in [-0.1, -0.05) is 19.3 Å². The molecule has 1 rings (SSSR count). The van der Waals surface area contributed by atoms with Crippen LogP contribution in [0.15, 0.2) is 0 Å². The van der Waals surface area contributed by atoms with Gasteiger partial charge in [-0.2, -0.15) is 0 Å². The largest absolute Gasteiger partial charge is 0.393 e. The lowest BCUT2D eigenvalue weighted by Gasteiger charge is -2.14. The Morgan fingerprint density at radius 2 is 1.50 bits per heavy atom.